The Balaban J connectivity index is 0. The molecule has 0 fully saturated rings. The summed E-state index contributed by atoms with van der Waals surface area (Å²) in [5.41, 5.74) is 1.30. The molecule has 0 radical (unpaired) electrons. The second-order valence-corrected chi connectivity index (χ2v) is 2.20. The summed E-state index contributed by atoms with van der Waals surface area (Å²) in [6.45, 7) is 10.1. The molecule has 1 aromatic rings. The number of hydrogen-bond acceptors (Lipinski definition) is 2. The van der Waals surface area contributed by atoms with Gasteiger partial charge < -0.3 is 4.98 Å². The molecule has 0 atom stereocenters. The number of aromatic nitrogens is 2. The summed E-state index contributed by atoms with van der Waals surface area (Å²) in [6.07, 6.45) is 2.76. The molecular formula is C10H19N3. The van der Waals surface area contributed by atoms with Crippen LogP contribution in [0, 0.1) is 18.3 Å². The van der Waals surface area contributed by atoms with Gasteiger partial charge in [0.1, 0.15) is 6.07 Å². The third-order valence-corrected chi connectivity index (χ3v) is 0.936. The Kier molecular flexibility index (Phi) is 11.7. The van der Waals surface area contributed by atoms with Crippen LogP contribution in [-0.2, 0) is 0 Å². The van der Waals surface area contributed by atoms with Gasteiger partial charge in [-0.15, -0.1) is 0 Å². The van der Waals surface area contributed by atoms with Gasteiger partial charge in [0.15, 0.2) is 5.69 Å². The predicted octanol–water partition coefficient (Wildman–Crippen LogP) is 3.03. The van der Waals surface area contributed by atoms with Crippen LogP contribution in [0.5, 0.6) is 0 Å². The van der Waals surface area contributed by atoms with E-state index in [2.05, 4.69) is 23.8 Å². The number of aromatic amines is 1. The van der Waals surface area contributed by atoms with Crippen LogP contribution in [0.1, 0.15) is 45.5 Å². The number of aryl methyl sites for hydroxylation is 1. The minimum atomic E-state index is 0.477. The number of nitriles is 1. The molecule has 0 spiro atoms. The van der Waals surface area contributed by atoms with E-state index >= 15 is 0 Å². The van der Waals surface area contributed by atoms with E-state index in [0.29, 0.717) is 5.69 Å². The molecule has 0 aliphatic heterocycles. The number of imidazole rings is 1. The molecule has 0 aromatic carbocycles. The van der Waals surface area contributed by atoms with Crippen LogP contribution >= 0.6 is 0 Å². The van der Waals surface area contributed by atoms with Gasteiger partial charge in [-0.1, -0.05) is 34.1 Å². The summed E-state index contributed by atoms with van der Waals surface area (Å²) in [7, 11) is 0. The lowest BCUT2D eigenvalue weighted by Crippen LogP contribution is -1.74. The maximum absolute atomic E-state index is 8.27. The van der Waals surface area contributed by atoms with Crippen LogP contribution in [-0.4, -0.2) is 9.97 Å². The van der Waals surface area contributed by atoms with Crippen molar-refractivity contribution >= 4 is 0 Å². The first-order chi connectivity index (χ1) is 6.26. The Morgan fingerprint density at radius 1 is 1.46 bits per heavy atom. The highest BCUT2D eigenvalue weighted by Crippen LogP contribution is 1.95. The van der Waals surface area contributed by atoms with Gasteiger partial charge in [-0.2, -0.15) is 5.26 Å². The van der Waals surface area contributed by atoms with Crippen molar-refractivity contribution < 1.29 is 0 Å². The molecule has 0 amide bonds. The average molecular weight is 181 g/mol. The fraction of sp³-hybridized carbons (Fsp3) is 0.600. The molecular weight excluding hydrogens is 162 g/mol. The second-order valence-electron chi connectivity index (χ2n) is 2.20. The smallest absolute Gasteiger partial charge is 0.161 e. The van der Waals surface area contributed by atoms with Gasteiger partial charge in [0.25, 0.3) is 0 Å². The van der Waals surface area contributed by atoms with E-state index in [0.717, 1.165) is 5.69 Å². The van der Waals surface area contributed by atoms with E-state index in [1.54, 1.807) is 0 Å². The van der Waals surface area contributed by atoms with Crippen molar-refractivity contribution in [3.8, 4) is 6.07 Å². The van der Waals surface area contributed by atoms with Gasteiger partial charge in [-0.05, 0) is 6.92 Å². The molecule has 0 bridgehead atoms. The molecule has 1 heterocycles. The number of nitrogens with zero attached hydrogens (tertiary/aromatic N) is 2. The zero-order valence-electron chi connectivity index (χ0n) is 9.18. The Hall–Kier alpha value is -1.30. The average Bonchev–Trinajstić information content (AvgIpc) is 2.56. The highest BCUT2D eigenvalue weighted by atomic mass is 14.9. The monoisotopic (exact) mass is 181 g/mol. The number of nitrogens with one attached hydrogen (secondary N) is 1. The normalized spacial score (nSPS) is 7.08. The molecule has 13 heavy (non-hydrogen) atoms. The van der Waals surface area contributed by atoms with Gasteiger partial charge in [0, 0.05) is 5.69 Å². The van der Waals surface area contributed by atoms with Crippen molar-refractivity contribution in [2.24, 2.45) is 0 Å². The van der Waals surface area contributed by atoms with Crippen molar-refractivity contribution in [2.45, 2.75) is 41.0 Å². The summed E-state index contributed by atoms with van der Waals surface area (Å²) in [4.78, 5) is 6.50. The van der Waals surface area contributed by atoms with Crippen LogP contribution < -0.4 is 0 Å². The van der Waals surface area contributed by atoms with Crippen LogP contribution in [0.2, 0.25) is 0 Å². The molecule has 0 saturated carbocycles. The van der Waals surface area contributed by atoms with E-state index in [-0.39, 0.29) is 0 Å². The van der Waals surface area contributed by atoms with E-state index < -0.39 is 0 Å². The zero-order chi connectivity index (χ0) is 10.7. The number of hydrogen-bond donors (Lipinski definition) is 1. The number of H-pyrrole nitrogens is 1. The van der Waals surface area contributed by atoms with Crippen LogP contribution in [0.25, 0.3) is 0 Å². The minimum Gasteiger partial charge on any atom is -0.348 e. The zero-order valence-corrected chi connectivity index (χ0v) is 9.18. The van der Waals surface area contributed by atoms with E-state index in [4.69, 9.17) is 5.26 Å². The van der Waals surface area contributed by atoms with Gasteiger partial charge in [-0.25, -0.2) is 4.98 Å². The van der Waals surface area contributed by atoms with Crippen molar-refractivity contribution in [2.75, 3.05) is 0 Å². The summed E-state index contributed by atoms with van der Waals surface area (Å²) in [6, 6.07) is 1.93. The largest absolute Gasteiger partial charge is 0.348 e. The van der Waals surface area contributed by atoms with Crippen molar-refractivity contribution in [1.29, 1.82) is 5.26 Å². The molecule has 0 aliphatic rings. The van der Waals surface area contributed by atoms with Crippen molar-refractivity contribution in [3.63, 3.8) is 0 Å². The van der Waals surface area contributed by atoms with Crippen molar-refractivity contribution in [3.05, 3.63) is 17.7 Å². The van der Waals surface area contributed by atoms with Crippen LogP contribution in [0.4, 0.5) is 0 Å². The SMILES string of the molecule is CC.CCC.Cc1[nH]cnc1C#N. The molecule has 1 N–H and O–H groups in total. The topological polar surface area (TPSA) is 52.5 Å². The quantitative estimate of drug-likeness (QED) is 0.668. The molecule has 74 valence electrons. The van der Waals surface area contributed by atoms with Crippen molar-refractivity contribution in [1.82, 2.24) is 9.97 Å². The van der Waals surface area contributed by atoms with E-state index in [9.17, 15) is 0 Å². The van der Waals surface area contributed by atoms with Gasteiger partial charge in [-0.3, -0.25) is 0 Å². The summed E-state index contributed by atoms with van der Waals surface area (Å²) in [5.74, 6) is 0. The third-order valence-electron chi connectivity index (χ3n) is 0.936. The van der Waals surface area contributed by atoms with E-state index in [1.807, 2.05) is 26.8 Å². The Bertz CT molecular complexity index is 233. The highest BCUT2D eigenvalue weighted by Gasteiger charge is 1.94. The minimum absolute atomic E-state index is 0.477. The molecule has 0 unspecified atom stereocenters. The first-order valence-electron chi connectivity index (χ1n) is 4.66. The van der Waals surface area contributed by atoms with Crippen LogP contribution in [0.3, 0.4) is 0 Å². The standard InChI is InChI=1S/C5H5N3.C3H8.C2H6/c1-4-5(2-6)8-3-7-4;1-3-2;1-2/h3H,1H3,(H,7,8);3H2,1-2H3;1-2H3. The maximum Gasteiger partial charge on any atom is 0.161 e. The Morgan fingerprint density at radius 3 is 2.08 bits per heavy atom. The van der Waals surface area contributed by atoms with Crippen LogP contribution in [0.15, 0.2) is 6.33 Å². The molecule has 1 rings (SSSR count). The highest BCUT2D eigenvalue weighted by molar-refractivity contribution is 5.23. The lowest BCUT2D eigenvalue weighted by molar-refractivity contribution is 1.09. The second kappa shape index (κ2) is 10.7. The molecule has 3 nitrogen and oxygen atoms in total. The molecule has 0 saturated heterocycles. The maximum atomic E-state index is 8.27. The van der Waals surface area contributed by atoms with Gasteiger partial charge in [0.2, 0.25) is 0 Å². The van der Waals surface area contributed by atoms with Gasteiger partial charge in [0.05, 0.1) is 6.33 Å². The summed E-state index contributed by atoms with van der Waals surface area (Å²) in [5, 5.41) is 8.27. The first kappa shape index (κ1) is 14.2. The summed E-state index contributed by atoms with van der Waals surface area (Å²) < 4.78 is 0. The molecule has 0 aliphatic carbocycles. The predicted molar refractivity (Wildman–Crippen MR) is 55.4 cm³/mol. The molecule has 3 heteroatoms. The first-order valence-corrected chi connectivity index (χ1v) is 4.66. The summed E-state index contributed by atoms with van der Waals surface area (Å²) >= 11 is 0. The molecule has 1 aromatic heterocycles. The Morgan fingerprint density at radius 2 is 1.92 bits per heavy atom. The third kappa shape index (κ3) is 7.07. The lowest BCUT2D eigenvalue weighted by atomic mass is 10.4. The Labute approximate surface area is 80.8 Å². The number of rotatable bonds is 0. The fourth-order valence-corrected chi connectivity index (χ4v) is 0.472. The lowest BCUT2D eigenvalue weighted by Gasteiger charge is -1.76. The van der Waals surface area contributed by atoms with Gasteiger partial charge >= 0.3 is 0 Å². The fourth-order valence-electron chi connectivity index (χ4n) is 0.472. The van der Waals surface area contributed by atoms with E-state index in [1.165, 1.54) is 12.7 Å².